The molecule has 0 aromatic heterocycles. The molecule has 0 unspecified atom stereocenters. The van der Waals surface area contributed by atoms with Gasteiger partial charge in [-0.15, -0.1) is 0 Å². The summed E-state index contributed by atoms with van der Waals surface area (Å²) in [5, 5.41) is 3.75. The van der Waals surface area contributed by atoms with Crippen LogP contribution in [-0.4, -0.2) is 10.7 Å². The molecule has 2 aliphatic carbocycles. The fourth-order valence-corrected chi connectivity index (χ4v) is 15.9. The van der Waals surface area contributed by atoms with Crippen LogP contribution in [0.4, 0.5) is 0 Å². The number of fused-ring (bicyclic) bond motifs is 3. The third kappa shape index (κ3) is 5.56. The first-order valence-corrected chi connectivity index (χ1v) is 23.5. The summed E-state index contributed by atoms with van der Waals surface area (Å²) in [5.41, 5.74) is 4.37. The summed E-state index contributed by atoms with van der Waals surface area (Å²) in [7, 11) is 9.54. The number of hydrogen-bond acceptors (Lipinski definition) is 1. The van der Waals surface area contributed by atoms with Gasteiger partial charge in [-0.05, 0) is 0 Å². The van der Waals surface area contributed by atoms with Crippen molar-refractivity contribution in [3.05, 3.63) is 59.7 Å². The Hall–Kier alpha value is -0.926. The van der Waals surface area contributed by atoms with Crippen LogP contribution >= 0.6 is 18.6 Å². The zero-order valence-corrected chi connectivity index (χ0v) is 24.0. The van der Waals surface area contributed by atoms with Crippen LogP contribution < -0.4 is 3.80 Å². The third-order valence-corrected chi connectivity index (χ3v) is 17.2. The van der Waals surface area contributed by atoms with Crippen molar-refractivity contribution in [2.45, 2.75) is 85.3 Å². The average molecular weight is 538 g/mol. The van der Waals surface area contributed by atoms with Crippen molar-refractivity contribution in [3.8, 4) is 11.1 Å². The quantitative estimate of drug-likeness (QED) is 0.388. The maximum absolute atomic E-state index is 14.0. The van der Waals surface area contributed by atoms with E-state index in [2.05, 4.69) is 32.9 Å². The summed E-state index contributed by atoms with van der Waals surface area (Å²) in [4.78, 5) is 18.6. The summed E-state index contributed by atoms with van der Waals surface area (Å²) in [6.45, 7) is 0. The van der Waals surface area contributed by atoms with Crippen LogP contribution in [-0.2, 0) is 15.2 Å². The SMILES string of the molecule is [CH2]=[Ti]([CH3])([CH3])([Cl])([Cl])([NH]C(=O)C1CCCCCCCCCCC1)[CH]1c2ccccc2-c2ccccc21. The van der Waals surface area contributed by atoms with Crippen molar-refractivity contribution in [3.63, 3.8) is 0 Å². The number of carbonyl (C=O) groups is 1. The zero-order chi connectivity index (χ0) is 24.6. The molecule has 0 spiro atoms. The van der Waals surface area contributed by atoms with Gasteiger partial charge in [0.05, 0.1) is 0 Å². The number of rotatable bonds is 3. The van der Waals surface area contributed by atoms with E-state index in [4.69, 9.17) is 18.6 Å². The minimum absolute atomic E-state index is 0.0142. The third-order valence-electron chi connectivity index (χ3n) is 8.08. The Morgan fingerprint density at radius 2 is 1.15 bits per heavy atom. The Morgan fingerprint density at radius 3 is 1.59 bits per heavy atom. The molecule has 2 aromatic rings. The summed E-state index contributed by atoms with van der Waals surface area (Å²) in [6, 6.07) is 16.5. The van der Waals surface area contributed by atoms with E-state index >= 15 is 0 Å². The van der Waals surface area contributed by atoms with E-state index in [0.717, 1.165) is 47.9 Å². The second-order valence-electron chi connectivity index (χ2n) is 12.9. The van der Waals surface area contributed by atoms with E-state index in [-0.39, 0.29) is 16.0 Å². The molecule has 0 atom stereocenters. The normalized spacial score (nSPS) is 21.9. The molecule has 2 aliphatic rings. The van der Waals surface area contributed by atoms with Gasteiger partial charge in [-0.2, -0.15) is 0 Å². The van der Waals surface area contributed by atoms with Gasteiger partial charge >= 0.3 is 210 Å². The van der Waals surface area contributed by atoms with Crippen LogP contribution in [0.5, 0.6) is 0 Å². The van der Waals surface area contributed by atoms with E-state index < -0.39 is 10.4 Å². The van der Waals surface area contributed by atoms with Crippen LogP contribution in [0.3, 0.4) is 0 Å². The predicted molar refractivity (Wildman–Crippen MR) is 147 cm³/mol. The zero-order valence-electron chi connectivity index (χ0n) is 20.9. The van der Waals surface area contributed by atoms with E-state index in [0.29, 0.717) is 0 Å². The molecular formula is C29H41Cl2NOTi. The fraction of sp³-hybridized carbons (Fsp3) is 0.517. The van der Waals surface area contributed by atoms with Crippen molar-refractivity contribution in [1.29, 1.82) is 0 Å². The van der Waals surface area contributed by atoms with Gasteiger partial charge < -0.3 is 0 Å². The monoisotopic (exact) mass is 537 g/mol. The molecule has 0 bridgehead atoms. The van der Waals surface area contributed by atoms with Crippen molar-refractivity contribution in [2.75, 3.05) is 0 Å². The van der Waals surface area contributed by atoms with E-state index in [1.54, 1.807) is 0 Å². The molecule has 186 valence electrons. The Labute approximate surface area is 209 Å². The Bertz CT molecular complexity index is 1130. The summed E-state index contributed by atoms with van der Waals surface area (Å²) >= 11 is 0. The molecule has 0 heterocycles. The number of hydrogen-bond donors (Lipinski definition) is 1. The van der Waals surface area contributed by atoms with Crippen LogP contribution in [0, 0.1) is 5.92 Å². The molecular weight excluding hydrogens is 497 g/mol. The Balaban J connectivity index is 1.70. The molecule has 1 amide bonds. The molecule has 0 aliphatic heterocycles. The molecule has 2 aromatic carbocycles. The standard InChI is InChI=1S/C13H25NO.C13H9.2CH3.CH2.2ClH.Ti/c14-13(15)12-10-8-6-4-2-1-3-5-7-9-11-12;1-3-7-12-10(5-1)9-11-6-2-4-8-13(11)12;;;;;;/h12H,1-11H2,(H2,14,15);1-9H;2*1H3;1H2;2*1H;/q;;;;;;;+3/p-3. The van der Waals surface area contributed by atoms with Gasteiger partial charge in [0.15, 0.2) is 0 Å². The maximum atomic E-state index is 14.0. The minimum atomic E-state index is -5.97. The van der Waals surface area contributed by atoms with E-state index in [9.17, 15) is 4.79 Å². The van der Waals surface area contributed by atoms with Gasteiger partial charge in [0.25, 0.3) is 0 Å². The predicted octanol–water partition coefficient (Wildman–Crippen LogP) is 9.31. The van der Waals surface area contributed by atoms with Gasteiger partial charge in [0, 0.05) is 0 Å². The summed E-state index contributed by atoms with van der Waals surface area (Å²) in [6.07, 6.45) is 12.8. The second kappa shape index (κ2) is 8.30. The molecule has 34 heavy (non-hydrogen) atoms. The van der Waals surface area contributed by atoms with Gasteiger partial charge in [-0.25, -0.2) is 0 Å². The van der Waals surface area contributed by atoms with Gasteiger partial charge in [0.1, 0.15) is 0 Å². The molecule has 0 radical (unpaired) electrons. The van der Waals surface area contributed by atoms with Gasteiger partial charge in [-0.3, -0.25) is 0 Å². The molecule has 2 nitrogen and oxygen atoms in total. The number of nitrogens with one attached hydrogen (secondary N) is 1. The molecule has 5 heteroatoms. The van der Waals surface area contributed by atoms with Crippen LogP contribution in [0.1, 0.15) is 86.0 Å². The Morgan fingerprint density at radius 1 is 0.765 bits per heavy atom. The van der Waals surface area contributed by atoms with Crippen LogP contribution in [0.15, 0.2) is 48.5 Å². The molecule has 1 saturated carbocycles. The van der Waals surface area contributed by atoms with Crippen LogP contribution in [0.2, 0.25) is 10.5 Å². The van der Waals surface area contributed by atoms with Gasteiger partial charge in [-0.1, -0.05) is 0 Å². The summed E-state index contributed by atoms with van der Waals surface area (Å²) in [5.74, 6) is -0.0849. The molecule has 1 N–H and O–H groups in total. The average Bonchev–Trinajstić information content (AvgIpc) is 3.09. The summed E-state index contributed by atoms with van der Waals surface area (Å²) < 4.78 is 2.98. The van der Waals surface area contributed by atoms with Crippen molar-refractivity contribution < 1.29 is 15.2 Å². The first-order chi connectivity index (χ1) is 15.8. The van der Waals surface area contributed by atoms with Gasteiger partial charge in [0.2, 0.25) is 0 Å². The Kier molecular flexibility index (Phi) is 6.39. The number of carbonyl (C=O) groups excluding carboxylic acids is 1. The van der Waals surface area contributed by atoms with Crippen molar-refractivity contribution in [1.82, 2.24) is 3.80 Å². The first-order valence-electron chi connectivity index (χ1n) is 13.3. The fourth-order valence-electron chi connectivity index (χ4n) is 6.49. The van der Waals surface area contributed by atoms with Crippen molar-refractivity contribution >= 4 is 29.3 Å². The number of halogens is 2. The second-order valence-corrected chi connectivity index (χ2v) is 41.8. The number of benzene rings is 2. The first kappa shape index (κ1) is 26.1. The van der Waals surface area contributed by atoms with E-state index in [1.807, 2.05) is 34.7 Å². The molecule has 0 saturated heterocycles. The van der Waals surface area contributed by atoms with E-state index in [1.165, 1.54) is 44.9 Å². The topological polar surface area (TPSA) is 29.1 Å². The van der Waals surface area contributed by atoms with Crippen LogP contribution in [0.25, 0.3) is 11.1 Å². The molecule has 1 fully saturated rings. The molecule has 4 rings (SSSR count). The van der Waals surface area contributed by atoms with Crippen molar-refractivity contribution in [2.24, 2.45) is 5.92 Å². The number of amides is 1.